The van der Waals surface area contributed by atoms with E-state index in [1.54, 1.807) is 0 Å². The summed E-state index contributed by atoms with van der Waals surface area (Å²) in [6.45, 7) is 2.87. The Bertz CT molecular complexity index is 428. The second-order valence-corrected chi connectivity index (χ2v) is 5.69. The lowest BCUT2D eigenvalue weighted by molar-refractivity contribution is -0.0192. The van der Waals surface area contributed by atoms with Crippen molar-refractivity contribution in [2.45, 2.75) is 30.9 Å². The van der Waals surface area contributed by atoms with Crippen molar-refractivity contribution in [3.05, 3.63) is 30.1 Å². The normalized spacial score (nSPS) is 25.7. The highest BCUT2D eigenvalue weighted by atomic mass is 19.1. The smallest absolute Gasteiger partial charge is 0.123 e. The number of nitrogens with zero attached hydrogens (tertiary/aromatic N) is 1. The van der Waals surface area contributed by atoms with Crippen LogP contribution in [0.15, 0.2) is 24.3 Å². The summed E-state index contributed by atoms with van der Waals surface area (Å²) in [6.07, 6.45) is 3.27. The first-order chi connectivity index (χ1) is 9.19. The number of rotatable bonds is 2. The van der Waals surface area contributed by atoms with E-state index < -0.39 is 0 Å². The fraction of sp³-hybridized carbons (Fsp3) is 0.600. The van der Waals surface area contributed by atoms with Crippen LogP contribution in [-0.2, 0) is 4.74 Å². The average molecular weight is 264 g/mol. The van der Waals surface area contributed by atoms with Crippen LogP contribution >= 0.6 is 0 Å². The first-order valence-electron chi connectivity index (χ1n) is 7.02. The van der Waals surface area contributed by atoms with Gasteiger partial charge >= 0.3 is 0 Å². The molecule has 19 heavy (non-hydrogen) atoms. The van der Waals surface area contributed by atoms with E-state index in [2.05, 4.69) is 17.3 Å². The zero-order valence-electron chi connectivity index (χ0n) is 11.4. The van der Waals surface area contributed by atoms with E-state index >= 15 is 0 Å². The lowest BCUT2D eigenvalue weighted by Gasteiger charge is -2.33. The molecule has 1 unspecified atom stereocenters. The van der Waals surface area contributed by atoms with E-state index in [4.69, 9.17) is 4.74 Å². The van der Waals surface area contributed by atoms with E-state index in [0.717, 1.165) is 44.6 Å². The van der Waals surface area contributed by atoms with Gasteiger partial charge in [-0.2, -0.15) is 0 Å². The molecule has 104 valence electrons. The predicted octanol–water partition coefficient (Wildman–Crippen LogP) is 2.17. The Morgan fingerprint density at radius 1 is 1.26 bits per heavy atom. The van der Waals surface area contributed by atoms with Gasteiger partial charge in [0.05, 0.1) is 18.2 Å². The van der Waals surface area contributed by atoms with Crippen LogP contribution in [0.1, 0.15) is 19.3 Å². The second kappa shape index (κ2) is 5.10. The fourth-order valence-electron chi connectivity index (χ4n) is 3.19. The number of ether oxygens (including phenoxy) is 1. The number of piperidine rings is 1. The van der Waals surface area contributed by atoms with Crippen molar-refractivity contribution in [3.8, 4) is 0 Å². The third-order valence-corrected chi connectivity index (χ3v) is 4.49. The molecule has 2 aliphatic heterocycles. The van der Waals surface area contributed by atoms with Crippen LogP contribution in [0.25, 0.3) is 0 Å². The molecule has 3 nitrogen and oxygen atoms in total. The maximum Gasteiger partial charge on any atom is 0.123 e. The molecule has 1 aromatic rings. The van der Waals surface area contributed by atoms with Gasteiger partial charge in [-0.15, -0.1) is 0 Å². The molecule has 1 N–H and O–H groups in total. The molecule has 2 aliphatic rings. The summed E-state index contributed by atoms with van der Waals surface area (Å²) in [6, 6.07) is 7.10. The quantitative estimate of drug-likeness (QED) is 0.886. The maximum absolute atomic E-state index is 13.0. The van der Waals surface area contributed by atoms with E-state index in [1.165, 1.54) is 12.1 Å². The minimum absolute atomic E-state index is 0.0736. The monoisotopic (exact) mass is 264 g/mol. The van der Waals surface area contributed by atoms with Crippen molar-refractivity contribution < 1.29 is 9.13 Å². The number of hydrogen-bond donors (Lipinski definition) is 1. The Balaban J connectivity index is 1.68. The third-order valence-electron chi connectivity index (χ3n) is 4.49. The maximum atomic E-state index is 13.0. The SMILES string of the molecule is CN(c1ccc(F)cc1)C1COC2(CCNCC2)C1. The van der Waals surface area contributed by atoms with E-state index in [9.17, 15) is 4.39 Å². The summed E-state index contributed by atoms with van der Waals surface area (Å²) in [4.78, 5) is 2.22. The Hall–Kier alpha value is -1.13. The van der Waals surface area contributed by atoms with Crippen molar-refractivity contribution in [1.82, 2.24) is 5.32 Å². The summed E-state index contributed by atoms with van der Waals surface area (Å²) in [5.41, 5.74) is 1.13. The van der Waals surface area contributed by atoms with Crippen LogP contribution in [0.4, 0.5) is 10.1 Å². The zero-order valence-corrected chi connectivity index (χ0v) is 11.4. The first kappa shape index (κ1) is 12.9. The van der Waals surface area contributed by atoms with Gasteiger partial charge in [-0.25, -0.2) is 4.39 Å². The molecule has 2 heterocycles. The minimum atomic E-state index is -0.186. The number of benzene rings is 1. The highest BCUT2D eigenvalue weighted by Gasteiger charge is 2.42. The average Bonchev–Trinajstić information content (AvgIpc) is 2.83. The van der Waals surface area contributed by atoms with Crippen molar-refractivity contribution in [2.75, 3.05) is 31.6 Å². The Labute approximate surface area is 113 Å². The summed E-state index contributed by atoms with van der Waals surface area (Å²) in [7, 11) is 2.07. The molecular formula is C15H21FN2O. The molecule has 0 radical (unpaired) electrons. The second-order valence-electron chi connectivity index (χ2n) is 5.69. The van der Waals surface area contributed by atoms with Gasteiger partial charge in [0.15, 0.2) is 0 Å². The Morgan fingerprint density at radius 2 is 1.95 bits per heavy atom. The first-order valence-corrected chi connectivity index (χ1v) is 7.02. The third kappa shape index (κ3) is 2.60. The van der Waals surface area contributed by atoms with Gasteiger partial charge < -0.3 is 15.0 Å². The van der Waals surface area contributed by atoms with Gasteiger partial charge in [-0.05, 0) is 56.6 Å². The topological polar surface area (TPSA) is 24.5 Å². The molecule has 0 aliphatic carbocycles. The summed E-state index contributed by atoms with van der Waals surface area (Å²) in [5.74, 6) is -0.186. The van der Waals surface area contributed by atoms with Gasteiger partial charge in [0.2, 0.25) is 0 Å². The van der Waals surface area contributed by atoms with Gasteiger partial charge in [-0.1, -0.05) is 0 Å². The minimum Gasteiger partial charge on any atom is -0.373 e. The molecule has 1 atom stereocenters. The molecule has 4 heteroatoms. The Morgan fingerprint density at radius 3 is 2.63 bits per heavy atom. The van der Waals surface area contributed by atoms with Gasteiger partial charge in [0.25, 0.3) is 0 Å². The molecule has 2 fully saturated rings. The number of anilines is 1. The van der Waals surface area contributed by atoms with Crippen molar-refractivity contribution in [3.63, 3.8) is 0 Å². The standard InChI is InChI=1S/C15H21FN2O/c1-18(13-4-2-12(16)3-5-13)14-10-15(19-11-14)6-8-17-9-7-15/h2-5,14,17H,6-11H2,1H3. The molecular weight excluding hydrogens is 243 g/mol. The van der Waals surface area contributed by atoms with Crippen LogP contribution < -0.4 is 10.2 Å². The molecule has 3 rings (SSSR count). The van der Waals surface area contributed by atoms with Crippen LogP contribution in [-0.4, -0.2) is 38.4 Å². The molecule has 0 aromatic heterocycles. The molecule has 0 saturated carbocycles. The zero-order chi connectivity index (χ0) is 13.3. The summed E-state index contributed by atoms with van der Waals surface area (Å²) < 4.78 is 19.1. The summed E-state index contributed by atoms with van der Waals surface area (Å²) in [5, 5.41) is 3.38. The van der Waals surface area contributed by atoms with Gasteiger partial charge in [0.1, 0.15) is 5.82 Å². The van der Waals surface area contributed by atoms with Gasteiger partial charge in [0, 0.05) is 12.7 Å². The van der Waals surface area contributed by atoms with Crippen molar-refractivity contribution in [1.29, 1.82) is 0 Å². The number of hydrogen-bond acceptors (Lipinski definition) is 3. The number of halogens is 1. The fourth-order valence-corrected chi connectivity index (χ4v) is 3.19. The molecule has 2 saturated heterocycles. The molecule has 1 aromatic carbocycles. The van der Waals surface area contributed by atoms with Crippen molar-refractivity contribution >= 4 is 5.69 Å². The van der Waals surface area contributed by atoms with Crippen LogP contribution in [0, 0.1) is 5.82 Å². The highest BCUT2D eigenvalue weighted by Crippen LogP contribution is 2.36. The number of nitrogens with one attached hydrogen (secondary N) is 1. The van der Waals surface area contributed by atoms with Crippen LogP contribution in [0.2, 0.25) is 0 Å². The largest absolute Gasteiger partial charge is 0.373 e. The van der Waals surface area contributed by atoms with Crippen molar-refractivity contribution in [2.24, 2.45) is 0 Å². The molecule has 1 spiro atoms. The van der Waals surface area contributed by atoms with Crippen LogP contribution in [0.3, 0.4) is 0 Å². The predicted molar refractivity (Wildman–Crippen MR) is 74.0 cm³/mol. The van der Waals surface area contributed by atoms with E-state index in [-0.39, 0.29) is 11.4 Å². The van der Waals surface area contributed by atoms with E-state index in [1.807, 2.05) is 12.1 Å². The number of likely N-dealkylation sites (N-methyl/N-ethyl adjacent to an activating group) is 1. The lowest BCUT2D eigenvalue weighted by Crippen LogP contribution is -2.42. The lowest BCUT2D eigenvalue weighted by atomic mass is 9.88. The molecule has 0 bridgehead atoms. The Kier molecular flexibility index (Phi) is 3.46. The van der Waals surface area contributed by atoms with Crippen LogP contribution in [0.5, 0.6) is 0 Å². The van der Waals surface area contributed by atoms with E-state index in [0.29, 0.717) is 6.04 Å². The highest BCUT2D eigenvalue weighted by molar-refractivity contribution is 5.46. The summed E-state index contributed by atoms with van der Waals surface area (Å²) >= 11 is 0. The van der Waals surface area contributed by atoms with Gasteiger partial charge in [-0.3, -0.25) is 0 Å². The molecule has 0 amide bonds.